The molecular formula is C14H17BrF3N5O. The summed E-state index contributed by atoms with van der Waals surface area (Å²) in [4.78, 5) is 14.0. The SMILES string of the molecule is Cc1c(Br)c(C(F)(F)F)nn1[C@@H](C)C(=O)N(C)Cc1cnn(C)c1. The third-order valence-electron chi connectivity index (χ3n) is 3.62. The topological polar surface area (TPSA) is 56.0 Å². The van der Waals surface area contributed by atoms with Gasteiger partial charge in [-0.2, -0.15) is 23.4 Å². The van der Waals surface area contributed by atoms with Gasteiger partial charge in [0.1, 0.15) is 6.04 Å². The number of aryl methyl sites for hydroxylation is 1. The van der Waals surface area contributed by atoms with E-state index < -0.39 is 17.9 Å². The number of alkyl halides is 3. The Labute approximate surface area is 145 Å². The third kappa shape index (κ3) is 3.63. The molecule has 0 aromatic carbocycles. The minimum Gasteiger partial charge on any atom is -0.339 e. The summed E-state index contributed by atoms with van der Waals surface area (Å²) in [5.41, 5.74) is 0.0439. The lowest BCUT2D eigenvalue weighted by molar-refractivity contribution is -0.143. The molecule has 0 aliphatic heterocycles. The number of nitrogens with zero attached hydrogens (tertiary/aromatic N) is 5. The van der Waals surface area contributed by atoms with E-state index >= 15 is 0 Å². The first kappa shape index (κ1) is 18.5. The van der Waals surface area contributed by atoms with Gasteiger partial charge in [-0.1, -0.05) is 0 Å². The minimum absolute atomic E-state index is 0.149. The number of likely N-dealkylation sites (N-methyl/N-ethyl adjacent to an activating group) is 1. The molecule has 0 fully saturated rings. The van der Waals surface area contributed by atoms with Gasteiger partial charge in [0.15, 0.2) is 5.69 Å². The van der Waals surface area contributed by atoms with Crippen LogP contribution < -0.4 is 0 Å². The molecule has 0 N–H and O–H groups in total. The van der Waals surface area contributed by atoms with Gasteiger partial charge in [0, 0.05) is 32.4 Å². The van der Waals surface area contributed by atoms with E-state index in [4.69, 9.17) is 0 Å². The second-order valence-electron chi connectivity index (χ2n) is 5.58. The minimum atomic E-state index is -4.58. The predicted octanol–water partition coefficient (Wildman–Crippen LogP) is 2.93. The fourth-order valence-corrected chi connectivity index (χ4v) is 2.87. The van der Waals surface area contributed by atoms with Crippen molar-refractivity contribution in [1.29, 1.82) is 0 Å². The van der Waals surface area contributed by atoms with Crippen molar-refractivity contribution in [3.8, 4) is 0 Å². The third-order valence-corrected chi connectivity index (χ3v) is 4.57. The standard InChI is InChI=1S/C14H17BrF3N5O/c1-8-11(15)12(14(16,17)18)20-23(8)9(2)13(24)21(3)6-10-5-19-22(4)7-10/h5,7,9H,6H2,1-4H3/t9-/m0/s1. The number of halogens is 4. The maximum atomic E-state index is 12.9. The highest BCUT2D eigenvalue weighted by Crippen LogP contribution is 2.36. The molecule has 1 atom stereocenters. The van der Waals surface area contributed by atoms with E-state index in [0.29, 0.717) is 6.54 Å². The average Bonchev–Trinajstić information content (AvgIpc) is 3.01. The number of hydrogen-bond donors (Lipinski definition) is 0. The average molecular weight is 408 g/mol. The lowest BCUT2D eigenvalue weighted by Crippen LogP contribution is -2.33. The van der Waals surface area contributed by atoms with Crippen LogP contribution in [-0.4, -0.2) is 37.4 Å². The first-order valence-electron chi connectivity index (χ1n) is 7.06. The monoisotopic (exact) mass is 407 g/mol. The fourth-order valence-electron chi connectivity index (χ4n) is 2.39. The van der Waals surface area contributed by atoms with Gasteiger partial charge in [-0.25, -0.2) is 0 Å². The molecule has 2 rings (SSSR count). The van der Waals surface area contributed by atoms with Crippen molar-refractivity contribution in [3.05, 3.63) is 33.8 Å². The maximum Gasteiger partial charge on any atom is 0.436 e. The molecule has 0 radical (unpaired) electrons. The van der Waals surface area contributed by atoms with Crippen molar-refractivity contribution in [2.75, 3.05) is 7.05 Å². The maximum absolute atomic E-state index is 12.9. The number of amides is 1. The number of carbonyl (C=O) groups is 1. The summed E-state index contributed by atoms with van der Waals surface area (Å²) >= 11 is 2.91. The highest BCUT2D eigenvalue weighted by atomic mass is 79.9. The Kier molecular flexibility index (Phi) is 5.07. The zero-order chi connectivity index (χ0) is 18.2. The van der Waals surface area contributed by atoms with E-state index in [1.54, 1.807) is 31.2 Å². The quantitative estimate of drug-likeness (QED) is 0.782. The van der Waals surface area contributed by atoms with Gasteiger partial charge in [-0.05, 0) is 29.8 Å². The summed E-state index contributed by atoms with van der Waals surface area (Å²) in [7, 11) is 3.35. The molecule has 2 aromatic rings. The molecule has 132 valence electrons. The first-order valence-corrected chi connectivity index (χ1v) is 7.86. The Hall–Kier alpha value is -1.84. The van der Waals surface area contributed by atoms with Gasteiger partial charge in [0.05, 0.1) is 16.4 Å². The smallest absolute Gasteiger partial charge is 0.339 e. The van der Waals surface area contributed by atoms with Gasteiger partial charge < -0.3 is 4.90 Å². The molecule has 0 saturated carbocycles. The normalized spacial score (nSPS) is 13.2. The lowest BCUT2D eigenvalue weighted by atomic mass is 10.2. The van der Waals surface area contributed by atoms with Gasteiger partial charge in [-0.15, -0.1) is 0 Å². The summed E-state index contributed by atoms with van der Waals surface area (Å²) in [6.45, 7) is 3.32. The van der Waals surface area contributed by atoms with Crippen molar-refractivity contribution in [2.45, 2.75) is 32.6 Å². The number of carbonyl (C=O) groups excluding carboxylic acids is 1. The lowest BCUT2D eigenvalue weighted by Gasteiger charge is -2.22. The van der Waals surface area contributed by atoms with Crippen LogP contribution in [0.1, 0.15) is 29.9 Å². The zero-order valence-electron chi connectivity index (χ0n) is 13.6. The molecule has 0 bridgehead atoms. The first-order chi connectivity index (χ1) is 11.0. The summed E-state index contributed by atoms with van der Waals surface area (Å²) in [5.74, 6) is -0.342. The summed E-state index contributed by atoms with van der Waals surface area (Å²) < 4.78 is 41.4. The van der Waals surface area contributed by atoms with Crippen LogP contribution in [0.2, 0.25) is 0 Å². The molecule has 2 aromatic heterocycles. The molecule has 2 heterocycles. The zero-order valence-corrected chi connectivity index (χ0v) is 15.2. The van der Waals surface area contributed by atoms with Crippen LogP contribution in [0.4, 0.5) is 13.2 Å². The van der Waals surface area contributed by atoms with Crippen molar-refractivity contribution in [1.82, 2.24) is 24.5 Å². The molecule has 0 spiro atoms. The highest BCUT2D eigenvalue weighted by Gasteiger charge is 2.39. The number of aromatic nitrogens is 4. The Morgan fingerprint density at radius 2 is 2.08 bits per heavy atom. The van der Waals surface area contributed by atoms with Crippen molar-refractivity contribution in [3.63, 3.8) is 0 Å². The molecule has 0 aliphatic carbocycles. The number of rotatable bonds is 4. The Morgan fingerprint density at radius 1 is 1.46 bits per heavy atom. The second kappa shape index (κ2) is 6.58. The van der Waals surface area contributed by atoms with Crippen LogP contribution in [0.25, 0.3) is 0 Å². The van der Waals surface area contributed by atoms with Crippen LogP contribution >= 0.6 is 15.9 Å². The van der Waals surface area contributed by atoms with Gasteiger partial charge in [0.2, 0.25) is 5.91 Å². The fraction of sp³-hybridized carbons (Fsp3) is 0.500. The van der Waals surface area contributed by atoms with E-state index in [9.17, 15) is 18.0 Å². The molecule has 1 amide bonds. The number of hydrogen-bond acceptors (Lipinski definition) is 3. The Bertz CT molecular complexity index is 752. The summed E-state index contributed by atoms with van der Waals surface area (Å²) in [5, 5.41) is 7.59. The van der Waals surface area contributed by atoms with E-state index in [2.05, 4.69) is 26.1 Å². The van der Waals surface area contributed by atoms with E-state index in [-0.39, 0.29) is 16.1 Å². The highest BCUT2D eigenvalue weighted by molar-refractivity contribution is 9.10. The Balaban J connectivity index is 2.21. The van der Waals surface area contributed by atoms with Crippen LogP contribution in [0.3, 0.4) is 0 Å². The summed E-state index contributed by atoms with van der Waals surface area (Å²) in [6.07, 6.45) is -1.18. The molecule has 24 heavy (non-hydrogen) atoms. The van der Waals surface area contributed by atoms with Crippen molar-refractivity contribution < 1.29 is 18.0 Å². The molecule has 0 aliphatic rings. The van der Waals surface area contributed by atoms with Gasteiger partial charge in [-0.3, -0.25) is 14.2 Å². The van der Waals surface area contributed by atoms with Crippen LogP contribution in [0, 0.1) is 6.92 Å². The largest absolute Gasteiger partial charge is 0.436 e. The molecule has 10 heteroatoms. The molecule has 6 nitrogen and oxygen atoms in total. The van der Waals surface area contributed by atoms with E-state index in [1.807, 2.05) is 0 Å². The van der Waals surface area contributed by atoms with Gasteiger partial charge >= 0.3 is 6.18 Å². The molecular weight excluding hydrogens is 391 g/mol. The molecule has 0 saturated heterocycles. The second-order valence-corrected chi connectivity index (χ2v) is 6.38. The summed E-state index contributed by atoms with van der Waals surface area (Å²) in [6, 6.07) is -0.862. The Morgan fingerprint density at radius 3 is 2.54 bits per heavy atom. The molecule has 0 unspecified atom stereocenters. The van der Waals surface area contributed by atoms with Crippen LogP contribution in [0.15, 0.2) is 16.9 Å². The van der Waals surface area contributed by atoms with E-state index in [1.165, 1.54) is 18.7 Å². The predicted molar refractivity (Wildman–Crippen MR) is 84.1 cm³/mol. The van der Waals surface area contributed by atoms with Crippen molar-refractivity contribution >= 4 is 21.8 Å². The van der Waals surface area contributed by atoms with E-state index in [0.717, 1.165) is 10.2 Å². The van der Waals surface area contributed by atoms with Crippen LogP contribution in [0.5, 0.6) is 0 Å². The van der Waals surface area contributed by atoms with Gasteiger partial charge in [0.25, 0.3) is 0 Å². The van der Waals surface area contributed by atoms with Crippen molar-refractivity contribution in [2.24, 2.45) is 7.05 Å². The van der Waals surface area contributed by atoms with Crippen LogP contribution in [-0.2, 0) is 24.6 Å².